The number of hydrogen-bond acceptors (Lipinski definition) is 2. The Morgan fingerprint density at radius 3 is 2.50 bits per heavy atom. The lowest BCUT2D eigenvalue weighted by molar-refractivity contribution is 0.102. The van der Waals surface area contributed by atoms with Crippen LogP contribution in [-0.2, 0) is 6.42 Å². The van der Waals surface area contributed by atoms with Gasteiger partial charge >= 0.3 is 0 Å². The topological polar surface area (TPSA) is 49.3 Å². The monoisotopic (exact) mass is 289 g/mol. The zero-order valence-corrected chi connectivity index (χ0v) is 11.9. The molecular weight excluding hydrogens is 274 g/mol. The SMILES string of the molecule is CCCc1ccc(NC(=O)c2ccc(O)c(Cl)c2)cc1. The van der Waals surface area contributed by atoms with Gasteiger partial charge in [0.2, 0.25) is 0 Å². The van der Waals surface area contributed by atoms with E-state index in [4.69, 9.17) is 11.6 Å². The predicted molar refractivity (Wildman–Crippen MR) is 81.5 cm³/mol. The van der Waals surface area contributed by atoms with Crippen molar-refractivity contribution in [1.82, 2.24) is 0 Å². The molecule has 0 heterocycles. The number of benzene rings is 2. The molecule has 0 aliphatic carbocycles. The van der Waals surface area contributed by atoms with Crippen LogP contribution < -0.4 is 5.32 Å². The molecule has 4 heteroatoms. The number of aryl methyl sites for hydroxylation is 1. The average molecular weight is 290 g/mol. The van der Waals surface area contributed by atoms with E-state index in [0.717, 1.165) is 18.5 Å². The van der Waals surface area contributed by atoms with Gasteiger partial charge in [-0.15, -0.1) is 0 Å². The van der Waals surface area contributed by atoms with Gasteiger partial charge in [0.05, 0.1) is 5.02 Å². The first-order chi connectivity index (χ1) is 9.60. The smallest absolute Gasteiger partial charge is 0.255 e. The minimum absolute atomic E-state index is 0.0351. The lowest BCUT2D eigenvalue weighted by Gasteiger charge is -2.07. The summed E-state index contributed by atoms with van der Waals surface area (Å²) in [6.07, 6.45) is 2.12. The summed E-state index contributed by atoms with van der Waals surface area (Å²) in [5, 5.41) is 12.3. The van der Waals surface area contributed by atoms with Gasteiger partial charge in [0, 0.05) is 11.3 Å². The number of halogens is 1. The highest BCUT2D eigenvalue weighted by atomic mass is 35.5. The van der Waals surface area contributed by atoms with Crippen LogP contribution in [0, 0.1) is 0 Å². The molecule has 2 aromatic rings. The summed E-state index contributed by atoms with van der Waals surface area (Å²) in [4.78, 5) is 12.0. The van der Waals surface area contributed by atoms with Crippen LogP contribution in [-0.4, -0.2) is 11.0 Å². The number of aromatic hydroxyl groups is 1. The Morgan fingerprint density at radius 1 is 1.20 bits per heavy atom. The number of carbonyl (C=O) groups excluding carboxylic acids is 1. The van der Waals surface area contributed by atoms with Gasteiger partial charge in [-0.3, -0.25) is 4.79 Å². The number of carbonyl (C=O) groups is 1. The summed E-state index contributed by atoms with van der Waals surface area (Å²) in [5.41, 5.74) is 2.39. The number of rotatable bonds is 4. The highest BCUT2D eigenvalue weighted by molar-refractivity contribution is 6.32. The second-order valence-corrected chi connectivity index (χ2v) is 4.97. The Hall–Kier alpha value is -2.00. The fourth-order valence-corrected chi connectivity index (χ4v) is 2.08. The molecule has 104 valence electrons. The van der Waals surface area contributed by atoms with Gasteiger partial charge in [-0.1, -0.05) is 37.1 Å². The molecule has 0 spiro atoms. The number of hydrogen-bond donors (Lipinski definition) is 2. The molecule has 0 atom stereocenters. The van der Waals surface area contributed by atoms with Gasteiger partial charge in [0.15, 0.2) is 0 Å². The fraction of sp³-hybridized carbons (Fsp3) is 0.188. The predicted octanol–water partition coefficient (Wildman–Crippen LogP) is 4.25. The summed E-state index contributed by atoms with van der Waals surface area (Å²) < 4.78 is 0. The molecular formula is C16H16ClNO2. The normalized spacial score (nSPS) is 10.3. The Labute approximate surface area is 123 Å². The zero-order chi connectivity index (χ0) is 14.5. The molecule has 0 radical (unpaired) electrons. The van der Waals surface area contributed by atoms with E-state index in [0.29, 0.717) is 5.56 Å². The third-order valence-electron chi connectivity index (χ3n) is 2.96. The van der Waals surface area contributed by atoms with E-state index < -0.39 is 0 Å². The van der Waals surface area contributed by atoms with Crippen LogP contribution >= 0.6 is 11.6 Å². The van der Waals surface area contributed by atoms with Crippen LogP contribution in [0.1, 0.15) is 29.3 Å². The molecule has 2 N–H and O–H groups in total. The maximum atomic E-state index is 12.0. The van der Waals surface area contributed by atoms with Crippen LogP contribution in [0.2, 0.25) is 5.02 Å². The molecule has 0 unspecified atom stereocenters. The van der Waals surface area contributed by atoms with Crippen LogP contribution in [0.5, 0.6) is 5.75 Å². The lowest BCUT2D eigenvalue weighted by atomic mass is 10.1. The van der Waals surface area contributed by atoms with Crippen molar-refractivity contribution in [3.8, 4) is 5.75 Å². The van der Waals surface area contributed by atoms with Crippen LogP contribution in [0.4, 0.5) is 5.69 Å². The minimum atomic E-state index is -0.254. The summed E-state index contributed by atoms with van der Waals surface area (Å²) in [6.45, 7) is 2.13. The van der Waals surface area contributed by atoms with E-state index in [1.807, 2.05) is 24.3 Å². The molecule has 2 rings (SSSR count). The molecule has 1 amide bonds. The van der Waals surface area contributed by atoms with Crippen molar-refractivity contribution in [1.29, 1.82) is 0 Å². The first kappa shape index (κ1) is 14.4. The Bertz CT molecular complexity index is 608. The van der Waals surface area contributed by atoms with Gasteiger partial charge in [-0.2, -0.15) is 0 Å². The third-order valence-corrected chi connectivity index (χ3v) is 3.26. The number of nitrogens with one attached hydrogen (secondary N) is 1. The third kappa shape index (κ3) is 3.52. The second-order valence-electron chi connectivity index (χ2n) is 4.57. The van der Waals surface area contributed by atoms with Crippen LogP contribution in [0.3, 0.4) is 0 Å². The van der Waals surface area contributed by atoms with Crippen LogP contribution in [0.15, 0.2) is 42.5 Å². The summed E-state index contributed by atoms with van der Waals surface area (Å²) in [7, 11) is 0. The average Bonchev–Trinajstić information content (AvgIpc) is 2.44. The van der Waals surface area contributed by atoms with E-state index in [1.54, 1.807) is 0 Å². The second kappa shape index (κ2) is 6.44. The zero-order valence-electron chi connectivity index (χ0n) is 11.2. The minimum Gasteiger partial charge on any atom is -0.506 e. The molecule has 0 saturated carbocycles. The summed E-state index contributed by atoms with van der Waals surface area (Å²) in [5.74, 6) is -0.290. The largest absolute Gasteiger partial charge is 0.506 e. The van der Waals surface area contributed by atoms with Crippen molar-refractivity contribution in [2.75, 3.05) is 5.32 Å². The van der Waals surface area contributed by atoms with Crippen molar-refractivity contribution >= 4 is 23.2 Å². The van der Waals surface area contributed by atoms with Crippen molar-refractivity contribution in [2.24, 2.45) is 0 Å². The van der Waals surface area contributed by atoms with E-state index in [9.17, 15) is 9.90 Å². The quantitative estimate of drug-likeness (QED) is 0.884. The number of anilines is 1. The summed E-state index contributed by atoms with van der Waals surface area (Å²) in [6, 6.07) is 12.1. The number of phenols is 1. The molecule has 2 aromatic carbocycles. The Kier molecular flexibility index (Phi) is 4.64. The molecule has 3 nitrogen and oxygen atoms in total. The highest BCUT2D eigenvalue weighted by Crippen LogP contribution is 2.24. The van der Waals surface area contributed by atoms with Gasteiger partial charge in [-0.05, 0) is 42.3 Å². The van der Waals surface area contributed by atoms with Crippen molar-refractivity contribution in [3.63, 3.8) is 0 Å². The van der Waals surface area contributed by atoms with Gasteiger partial charge in [-0.25, -0.2) is 0 Å². The van der Waals surface area contributed by atoms with Crippen LogP contribution in [0.25, 0.3) is 0 Å². The van der Waals surface area contributed by atoms with E-state index in [2.05, 4.69) is 12.2 Å². The summed E-state index contributed by atoms with van der Waals surface area (Å²) >= 11 is 5.79. The molecule has 0 bridgehead atoms. The van der Waals surface area contributed by atoms with Gasteiger partial charge in [0.25, 0.3) is 5.91 Å². The van der Waals surface area contributed by atoms with Crippen molar-refractivity contribution in [3.05, 3.63) is 58.6 Å². The lowest BCUT2D eigenvalue weighted by Crippen LogP contribution is -2.11. The fourth-order valence-electron chi connectivity index (χ4n) is 1.89. The maximum absolute atomic E-state index is 12.0. The molecule has 0 fully saturated rings. The molecule has 0 aromatic heterocycles. The van der Waals surface area contributed by atoms with E-state index >= 15 is 0 Å². The Morgan fingerprint density at radius 2 is 1.90 bits per heavy atom. The number of amides is 1. The number of phenolic OH excluding ortho intramolecular Hbond substituents is 1. The van der Waals surface area contributed by atoms with E-state index in [1.165, 1.54) is 23.8 Å². The molecule has 0 aliphatic heterocycles. The molecule has 0 aliphatic rings. The molecule has 20 heavy (non-hydrogen) atoms. The first-order valence-corrected chi connectivity index (χ1v) is 6.86. The van der Waals surface area contributed by atoms with Crippen molar-refractivity contribution < 1.29 is 9.90 Å². The molecule has 0 saturated heterocycles. The standard InChI is InChI=1S/C16H16ClNO2/c1-2-3-11-4-7-13(8-5-11)18-16(20)12-6-9-15(19)14(17)10-12/h4-10,19H,2-3H2,1H3,(H,18,20). The van der Waals surface area contributed by atoms with E-state index in [-0.39, 0.29) is 16.7 Å². The van der Waals surface area contributed by atoms with Crippen molar-refractivity contribution in [2.45, 2.75) is 19.8 Å². The Balaban J connectivity index is 2.08. The maximum Gasteiger partial charge on any atom is 0.255 e. The van der Waals surface area contributed by atoms with Gasteiger partial charge in [0.1, 0.15) is 5.75 Å². The van der Waals surface area contributed by atoms with Gasteiger partial charge < -0.3 is 10.4 Å². The highest BCUT2D eigenvalue weighted by Gasteiger charge is 2.08. The first-order valence-electron chi connectivity index (χ1n) is 6.49.